The van der Waals surface area contributed by atoms with Crippen molar-refractivity contribution in [1.29, 1.82) is 0 Å². The minimum absolute atomic E-state index is 0.141. The maximum atomic E-state index is 12.7. The van der Waals surface area contributed by atoms with Crippen LogP contribution in [0.1, 0.15) is 37.3 Å². The highest BCUT2D eigenvalue weighted by Gasteiger charge is 2.20. The van der Waals surface area contributed by atoms with Gasteiger partial charge in [0.05, 0.1) is 0 Å². The molecule has 0 spiro atoms. The lowest BCUT2D eigenvalue weighted by Crippen LogP contribution is -2.35. The summed E-state index contributed by atoms with van der Waals surface area (Å²) in [5, 5.41) is 2.96. The summed E-state index contributed by atoms with van der Waals surface area (Å²) in [6.07, 6.45) is 2.41. The molecule has 0 saturated carbocycles. The molecule has 3 rings (SSSR count). The monoisotopic (exact) mass is 396 g/mol. The predicted molar refractivity (Wildman–Crippen MR) is 117 cm³/mol. The fraction of sp³-hybridized carbons (Fsp3) is 0.458. The lowest BCUT2D eigenvalue weighted by atomic mass is 10.1. The van der Waals surface area contributed by atoms with E-state index in [2.05, 4.69) is 17.3 Å². The molecule has 1 saturated heterocycles. The van der Waals surface area contributed by atoms with Crippen molar-refractivity contribution in [1.82, 2.24) is 4.90 Å². The van der Waals surface area contributed by atoms with E-state index in [4.69, 9.17) is 9.47 Å². The molecule has 29 heavy (non-hydrogen) atoms. The molecule has 2 aromatic carbocycles. The third-order valence-electron chi connectivity index (χ3n) is 5.58. The number of hydrogen-bond donors (Lipinski definition) is 1. The molecule has 1 N–H and O–H groups in total. The molecule has 0 aromatic heterocycles. The summed E-state index contributed by atoms with van der Waals surface area (Å²) in [5.74, 6) is 1.46. The number of nitrogens with one attached hydrogen (secondary N) is 1. The van der Waals surface area contributed by atoms with E-state index in [1.165, 1.54) is 0 Å². The number of rotatable bonds is 7. The van der Waals surface area contributed by atoms with Crippen molar-refractivity contribution >= 4 is 11.6 Å². The van der Waals surface area contributed by atoms with Gasteiger partial charge in [-0.3, -0.25) is 4.79 Å². The van der Waals surface area contributed by atoms with Gasteiger partial charge in [-0.15, -0.1) is 0 Å². The Morgan fingerprint density at radius 1 is 1.14 bits per heavy atom. The molecule has 0 aliphatic carbocycles. The third kappa shape index (κ3) is 5.73. The molecule has 5 nitrogen and oxygen atoms in total. The summed E-state index contributed by atoms with van der Waals surface area (Å²) in [6.45, 7) is 8.14. The Morgan fingerprint density at radius 2 is 1.83 bits per heavy atom. The number of aryl methyl sites for hydroxylation is 1. The Kier molecular flexibility index (Phi) is 7.15. The number of amides is 1. The van der Waals surface area contributed by atoms with Crippen LogP contribution in [-0.2, 0) is 4.79 Å². The van der Waals surface area contributed by atoms with E-state index in [-0.39, 0.29) is 12.0 Å². The highest BCUT2D eigenvalue weighted by Crippen LogP contribution is 2.24. The van der Waals surface area contributed by atoms with Gasteiger partial charge in [0.15, 0.2) is 6.10 Å². The molecular weight excluding hydrogens is 364 g/mol. The van der Waals surface area contributed by atoms with Crippen LogP contribution >= 0.6 is 0 Å². The Labute approximate surface area is 174 Å². The number of ether oxygens (including phenoxy) is 2. The van der Waals surface area contributed by atoms with Crippen LogP contribution in [0.25, 0.3) is 0 Å². The lowest BCUT2D eigenvalue weighted by Gasteiger charge is -2.29. The predicted octanol–water partition coefficient (Wildman–Crippen LogP) is 4.57. The summed E-state index contributed by atoms with van der Waals surface area (Å²) in [7, 11) is 2.14. The van der Waals surface area contributed by atoms with Crippen LogP contribution in [-0.4, -0.2) is 43.2 Å². The Morgan fingerprint density at radius 3 is 2.48 bits per heavy atom. The average molecular weight is 397 g/mol. The summed E-state index contributed by atoms with van der Waals surface area (Å²) in [6, 6.07) is 13.5. The number of piperidine rings is 1. The van der Waals surface area contributed by atoms with Crippen molar-refractivity contribution in [2.75, 3.05) is 25.5 Å². The van der Waals surface area contributed by atoms with Gasteiger partial charge in [-0.1, -0.05) is 19.1 Å². The maximum Gasteiger partial charge on any atom is 0.265 e. The van der Waals surface area contributed by atoms with Crippen LogP contribution in [0.15, 0.2) is 42.5 Å². The molecule has 1 atom stereocenters. The zero-order valence-corrected chi connectivity index (χ0v) is 17.9. The molecule has 5 heteroatoms. The lowest BCUT2D eigenvalue weighted by molar-refractivity contribution is -0.122. The van der Waals surface area contributed by atoms with Crippen molar-refractivity contribution in [3.05, 3.63) is 53.6 Å². The maximum absolute atomic E-state index is 12.7. The minimum atomic E-state index is -0.536. The number of carbonyl (C=O) groups excluding carboxylic acids is 1. The molecule has 0 bridgehead atoms. The number of benzene rings is 2. The minimum Gasteiger partial charge on any atom is -0.490 e. The Hall–Kier alpha value is -2.53. The molecule has 1 aliphatic rings. The highest BCUT2D eigenvalue weighted by molar-refractivity contribution is 5.94. The summed E-state index contributed by atoms with van der Waals surface area (Å²) < 4.78 is 12.1. The van der Waals surface area contributed by atoms with Crippen LogP contribution < -0.4 is 14.8 Å². The smallest absolute Gasteiger partial charge is 0.265 e. The van der Waals surface area contributed by atoms with E-state index < -0.39 is 6.10 Å². The molecule has 1 aliphatic heterocycles. The van der Waals surface area contributed by atoms with Gasteiger partial charge in [0.25, 0.3) is 5.91 Å². The van der Waals surface area contributed by atoms with Crippen LogP contribution in [0.4, 0.5) is 5.69 Å². The molecule has 2 aromatic rings. The largest absolute Gasteiger partial charge is 0.490 e. The second-order valence-corrected chi connectivity index (χ2v) is 7.85. The number of hydrogen-bond acceptors (Lipinski definition) is 4. The molecule has 1 heterocycles. The number of carbonyl (C=O) groups is 1. The van der Waals surface area contributed by atoms with Crippen LogP contribution in [0, 0.1) is 13.8 Å². The van der Waals surface area contributed by atoms with Gasteiger partial charge in [0, 0.05) is 18.8 Å². The van der Waals surface area contributed by atoms with Gasteiger partial charge in [0.1, 0.15) is 17.6 Å². The van der Waals surface area contributed by atoms with Crippen molar-refractivity contribution in [2.45, 2.75) is 52.2 Å². The van der Waals surface area contributed by atoms with Gasteiger partial charge in [0.2, 0.25) is 0 Å². The average Bonchev–Trinajstić information content (AvgIpc) is 2.72. The summed E-state index contributed by atoms with van der Waals surface area (Å²) >= 11 is 0. The first-order valence-corrected chi connectivity index (χ1v) is 10.4. The second kappa shape index (κ2) is 9.79. The topological polar surface area (TPSA) is 50.8 Å². The molecule has 1 amide bonds. The third-order valence-corrected chi connectivity index (χ3v) is 5.58. The van der Waals surface area contributed by atoms with Gasteiger partial charge in [-0.05, 0) is 81.6 Å². The zero-order valence-electron chi connectivity index (χ0n) is 17.9. The summed E-state index contributed by atoms with van der Waals surface area (Å²) in [5.41, 5.74) is 2.96. The van der Waals surface area contributed by atoms with Gasteiger partial charge in [-0.25, -0.2) is 0 Å². The van der Waals surface area contributed by atoms with Crippen LogP contribution in [0.3, 0.4) is 0 Å². The Balaban J connectivity index is 1.56. The zero-order chi connectivity index (χ0) is 20.8. The quantitative estimate of drug-likeness (QED) is 0.745. The molecule has 156 valence electrons. The second-order valence-electron chi connectivity index (χ2n) is 7.85. The van der Waals surface area contributed by atoms with Crippen LogP contribution in [0.2, 0.25) is 0 Å². The fourth-order valence-electron chi connectivity index (χ4n) is 3.46. The van der Waals surface area contributed by atoms with Crippen molar-refractivity contribution < 1.29 is 14.3 Å². The first-order chi connectivity index (χ1) is 14.0. The van der Waals surface area contributed by atoms with E-state index in [1.807, 2.05) is 63.2 Å². The number of likely N-dealkylation sites (tertiary alicyclic amines) is 1. The van der Waals surface area contributed by atoms with E-state index >= 15 is 0 Å². The van der Waals surface area contributed by atoms with E-state index in [0.717, 1.165) is 54.2 Å². The Bertz CT molecular complexity index is 811. The molecule has 0 radical (unpaired) electrons. The van der Waals surface area contributed by atoms with Gasteiger partial charge >= 0.3 is 0 Å². The van der Waals surface area contributed by atoms with E-state index in [0.29, 0.717) is 6.42 Å². The molecule has 1 fully saturated rings. The van der Waals surface area contributed by atoms with E-state index in [1.54, 1.807) is 0 Å². The number of anilines is 1. The van der Waals surface area contributed by atoms with Crippen molar-refractivity contribution in [2.24, 2.45) is 0 Å². The number of nitrogens with zero attached hydrogens (tertiary/aromatic N) is 1. The van der Waals surface area contributed by atoms with Crippen molar-refractivity contribution in [3.8, 4) is 11.5 Å². The standard InChI is InChI=1S/C24H32N2O3/c1-5-22(29-23-8-6-7-17(2)18(23)3)24(27)25-19-9-11-20(12-10-19)28-21-13-15-26(4)16-14-21/h6-12,21-22H,5,13-16H2,1-4H3,(H,25,27)/t22-/m0/s1. The van der Waals surface area contributed by atoms with Crippen molar-refractivity contribution in [3.63, 3.8) is 0 Å². The highest BCUT2D eigenvalue weighted by atomic mass is 16.5. The van der Waals surface area contributed by atoms with Gasteiger partial charge in [-0.2, -0.15) is 0 Å². The van der Waals surface area contributed by atoms with Crippen LogP contribution in [0.5, 0.6) is 11.5 Å². The molecule has 0 unspecified atom stereocenters. The first kappa shape index (κ1) is 21.2. The normalized spacial score (nSPS) is 16.3. The first-order valence-electron chi connectivity index (χ1n) is 10.4. The van der Waals surface area contributed by atoms with Gasteiger partial charge < -0.3 is 19.7 Å². The SMILES string of the molecule is CC[C@H](Oc1cccc(C)c1C)C(=O)Nc1ccc(OC2CCN(C)CC2)cc1. The molecular formula is C24H32N2O3. The van der Waals surface area contributed by atoms with E-state index in [9.17, 15) is 4.79 Å². The fourth-order valence-corrected chi connectivity index (χ4v) is 3.46. The summed E-state index contributed by atoms with van der Waals surface area (Å²) in [4.78, 5) is 15.0.